The molecular formula is C19H33N3O2. The lowest BCUT2D eigenvalue weighted by atomic mass is 10.2. The molecule has 1 amide bonds. The number of carbonyl (C=O) groups excluding carboxylic acids is 1. The van der Waals surface area contributed by atoms with Crippen molar-refractivity contribution in [2.24, 2.45) is 0 Å². The van der Waals surface area contributed by atoms with Crippen molar-refractivity contribution < 1.29 is 9.53 Å². The van der Waals surface area contributed by atoms with E-state index >= 15 is 0 Å². The van der Waals surface area contributed by atoms with E-state index in [-0.39, 0.29) is 0 Å². The molecule has 1 aliphatic heterocycles. The summed E-state index contributed by atoms with van der Waals surface area (Å²) in [6.07, 6.45) is -0.420. The van der Waals surface area contributed by atoms with Crippen LogP contribution in [0.5, 0.6) is 0 Å². The van der Waals surface area contributed by atoms with Gasteiger partial charge in [0.15, 0.2) is 0 Å². The highest BCUT2D eigenvalue weighted by atomic mass is 16.6. The summed E-state index contributed by atoms with van der Waals surface area (Å²) in [4.78, 5) is 16.6. The van der Waals surface area contributed by atoms with Gasteiger partial charge in [-0.05, 0) is 51.6 Å². The van der Waals surface area contributed by atoms with Crippen molar-refractivity contribution in [3.8, 4) is 0 Å². The first-order valence-corrected chi connectivity index (χ1v) is 8.95. The zero-order chi connectivity index (χ0) is 18.2. The molecule has 0 aromatic heterocycles. The fourth-order valence-electron chi connectivity index (χ4n) is 2.50. The van der Waals surface area contributed by atoms with Crippen LogP contribution in [0, 0.1) is 0 Å². The second kappa shape index (κ2) is 9.52. The van der Waals surface area contributed by atoms with E-state index in [1.54, 1.807) is 0 Å². The zero-order valence-corrected chi connectivity index (χ0v) is 16.1. The van der Waals surface area contributed by atoms with E-state index in [1.165, 1.54) is 5.69 Å². The van der Waals surface area contributed by atoms with Crippen molar-refractivity contribution >= 4 is 17.5 Å². The Labute approximate surface area is 147 Å². The van der Waals surface area contributed by atoms with E-state index in [1.807, 2.05) is 58.9 Å². The van der Waals surface area contributed by atoms with Gasteiger partial charge >= 0.3 is 6.09 Å². The monoisotopic (exact) mass is 335 g/mol. The second-order valence-corrected chi connectivity index (χ2v) is 6.60. The Kier molecular flexibility index (Phi) is 8.05. The molecule has 24 heavy (non-hydrogen) atoms. The van der Waals surface area contributed by atoms with Crippen molar-refractivity contribution in [1.29, 1.82) is 0 Å². The number of rotatable bonds is 3. The summed E-state index contributed by atoms with van der Waals surface area (Å²) < 4.78 is 5.25. The highest BCUT2D eigenvalue weighted by molar-refractivity contribution is 5.85. The van der Waals surface area contributed by atoms with Gasteiger partial charge in [-0.25, -0.2) is 4.79 Å². The minimum absolute atomic E-state index is 0.420. The van der Waals surface area contributed by atoms with Gasteiger partial charge in [0.2, 0.25) is 0 Å². The minimum atomic E-state index is -0.483. The summed E-state index contributed by atoms with van der Waals surface area (Å²) in [6, 6.07) is 7.94. The van der Waals surface area contributed by atoms with Crippen LogP contribution >= 0.6 is 0 Å². The molecule has 5 heteroatoms. The van der Waals surface area contributed by atoms with Crippen LogP contribution in [0.3, 0.4) is 0 Å². The van der Waals surface area contributed by atoms with Gasteiger partial charge in [0, 0.05) is 37.6 Å². The van der Waals surface area contributed by atoms with Gasteiger partial charge in [0.05, 0.1) is 0 Å². The van der Waals surface area contributed by atoms with E-state index in [9.17, 15) is 4.79 Å². The fourth-order valence-corrected chi connectivity index (χ4v) is 2.50. The summed E-state index contributed by atoms with van der Waals surface area (Å²) in [5.74, 6) is 0. The lowest BCUT2D eigenvalue weighted by molar-refractivity contribution is 0.0636. The molecule has 1 aromatic rings. The number of hydrogen-bond acceptors (Lipinski definition) is 4. The number of piperazine rings is 1. The summed E-state index contributed by atoms with van der Waals surface area (Å²) in [7, 11) is 0. The first-order valence-electron chi connectivity index (χ1n) is 8.95. The maximum absolute atomic E-state index is 11.7. The number of hydrogen-bond donors (Lipinski definition) is 1. The molecule has 0 aliphatic carbocycles. The third-order valence-electron chi connectivity index (χ3n) is 3.70. The molecule has 1 heterocycles. The molecule has 2 rings (SSSR count). The Morgan fingerprint density at radius 3 is 2.08 bits per heavy atom. The van der Waals surface area contributed by atoms with Crippen LogP contribution in [-0.4, -0.2) is 49.3 Å². The molecule has 1 saturated heterocycles. The minimum Gasteiger partial charge on any atom is -0.444 e. The molecule has 0 spiro atoms. The normalized spacial score (nSPS) is 15.3. The van der Waals surface area contributed by atoms with Gasteiger partial charge in [-0.3, -0.25) is 5.32 Å². The molecule has 0 unspecified atom stereocenters. The molecule has 1 aliphatic rings. The van der Waals surface area contributed by atoms with Crippen LogP contribution in [0.15, 0.2) is 24.3 Å². The topological polar surface area (TPSA) is 44.8 Å². The lowest BCUT2D eigenvalue weighted by Gasteiger charge is -2.35. The van der Waals surface area contributed by atoms with Gasteiger partial charge in [-0.2, -0.15) is 0 Å². The molecule has 5 nitrogen and oxygen atoms in total. The SMILES string of the molecule is CC.CCN1CCN(c2ccc(NC(=O)OC(C)(C)C)cc2)CC1. The molecule has 0 saturated carbocycles. The van der Waals surface area contributed by atoms with Gasteiger partial charge in [0.1, 0.15) is 5.60 Å². The maximum Gasteiger partial charge on any atom is 0.412 e. The number of likely N-dealkylation sites (N-methyl/N-ethyl adjacent to an activating group) is 1. The maximum atomic E-state index is 11.7. The van der Waals surface area contributed by atoms with E-state index in [0.29, 0.717) is 0 Å². The summed E-state index contributed by atoms with van der Waals surface area (Å²) in [5, 5.41) is 2.76. The van der Waals surface area contributed by atoms with Crippen molar-refractivity contribution in [2.45, 2.75) is 47.1 Å². The van der Waals surface area contributed by atoms with Crippen molar-refractivity contribution in [3.05, 3.63) is 24.3 Å². The third-order valence-corrected chi connectivity index (χ3v) is 3.70. The van der Waals surface area contributed by atoms with Crippen LogP contribution in [-0.2, 0) is 4.74 Å². The molecule has 0 bridgehead atoms. The predicted molar refractivity (Wildman–Crippen MR) is 102 cm³/mol. The average molecular weight is 335 g/mol. The van der Waals surface area contributed by atoms with Gasteiger partial charge < -0.3 is 14.5 Å². The largest absolute Gasteiger partial charge is 0.444 e. The molecule has 1 aromatic carbocycles. The molecule has 136 valence electrons. The van der Waals surface area contributed by atoms with Gasteiger partial charge in [-0.1, -0.05) is 20.8 Å². The van der Waals surface area contributed by atoms with Crippen LogP contribution in [0.2, 0.25) is 0 Å². The van der Waals surface area contributed by atoms with E-state index in [0.717, 1.165) is 38.4 Å². The zero-order valence-electron chi connectivity index (χ0n) is 16.1. The number of nitrogens with one attached hydrogen (secondary N) is 1. The lowest BCUT2D eigenvalue weighted by Crippen LogP contribution is -2.46. The smallest absolute Gasteiger partial charge is 0.412 e. The number of amides is 1. The first-order chi connectivity index (χ1) is 11.4. The highest BCUT2D eigenvalue weighted by Gasteiger charge is 2.17. The molecular weight excluding hydrogens is 302 g/mol. The standard InChI is InChI=1S/C17H27N3O2.C2H6/c1-5-19-10-12-20(13-11-19)15-8-6-14(7-9-15)18-16(21)22-17(2,3)4;1-2/h6-9H,5,10-13H2,1-4H3,(H,18,21);1-2H3. The Hall–Kier alpha value is -1.75. The highest BCUT2D eigenvalue weighted by Crippen LogP contribution is 2.20. The molecule has 1 fully saturated rings. The Morgan fingerprint density at radius 1 is 1.08 bits per heavy atom. The van der Waals surface area contributed by atoms with E-state index in [4.69, 9.17) is 4.74 Å². The van der Waals surface area contributed by atoms with Crippen LogP contribution in [0.1, 0.15) is 41.5 Å². The summed E-state index contributed by atoms with van der Waals surface area (Å²) in [6.45, 7) is 17.2. The molecule has 1 N–H and O–H groups in total. The predicted octanol–water partition coefficient (Wildman–Crippen LogP) is 4.20. The molecule has 0 radical (unpaired) electrons. The Balaban J connectivity index is 0.00000139. The Morgan fingerprint density at radius 2 is 1.62 bits per heavy atom. The summed E-state index contributed by atoms with van der Waals surface area (Å²) >= 11 is 0. The van der Waals surface area contributed by atoms with Crippen LogP contribution in [0.25, 0.3) is 0 Å². The number of anilines is 2. The van der Waals surface area contributed by atoms with E-state index in [2.05, 4.69) is 22.0 Å². The summed E-state index contributed by atoms with van der Waals surface area (Å²) in [5.41, 5.74) is 1.47. The van der Waals surface area contributed by atoms with Crippen molar-refractivity contribution in [2.75, 3.05) is 42.9 Å². The number of nitrogens with zero attached hydrogens (tertiary/aromatic N) is 2. The van der Waals surface area contributed by atoms with Crippen LogP contribution < -0.4 is 10.2 Å². The Bertz CT molecular complexity index is 486. The first kappa shape index (κ1) is 20.3. The quantitative estimate of drug-likeness (QED) is 0.899. The number of ether oxygens (including phenoxy) is 1. The van der Waals surface area contributed by atoms with E-state index < -0.39 is 11.7 Å². The number of carbonyl (C=O) groups is 1. The average Bonchev–Trinajstić information content (AvgIpc) is 2.56. The second-order valence-electron chi connectivity index (χ2n) is 6.60. The van der Waals surface area contributed by atoms with Crippen LogP contribution in [0.4, 0.5) is 16.2 Å². The molecule has 0 atom stereocenters. The van der Waals surface area contributed by atoms with Gasteiger partial charge in [0.25, 0.3) is 0 Å². The van der Waals surface area contributed by atoms with Gasteiger partial charge in [-0.15, -0.1) is 0 Å². The number of benzene rings is 1. The fraction of sp³-hybridized carbons (Fsp3) is 0.632. The third kappa shape index (κ3) is 6.79. The van der Waals surface area contributed by atoms with Crippen molar-refractivity contribution in [3.63, 3.8) is 0 Å². The van der Waals surface area contributed by atoms with Crippen molar-refractivity contribution in [1.82, 2.24) is 4.90 Å².